The van der Waals surface area contributed by atoms with Crippen molar-refractivity contribution in [2.45, 2.75) is 0 Å². The molecule has 0 saturated carbocycles. The highest BCUT2D eigenvalue weighted by Gasteiger charge is 2.24. The second-order valence-electron chi connectivity index (χ2n) is 2.72. The molecule has 0 aliphatic rings. The van der Waals surface area contributed by atoms with Gasteiger partial charge in [-0.3, -0.25) is 0 Å². The molecule has 1 nitrogen and oxygen atoms in total. The predicted molar refractivity (Wildman–Crippen MR) is 56.0 cm³/mol. The number of halogens is 6. The van der Waals surface area contributed by atoms with Gasteiger partial charge in [-0.15, -0.1) is 0 Å². The van der Waals surface area contributed by atoms with E-state index < -0.39 is 13.5 Å². The average molecular weight is 278 g/mol. The second-order valence-corrected chi connectivity index (χ2v) is 3.94. The number of benzene rings is 1. The van der Waals surface area contributed by atoms with Crippen molar-refractivity contribution in [2.24, 2.45) is 0 Å². The van der Waals surface area contributed by atoms with Crippen molar-refractivity contribution < 1.29 is 17.7 Å². The highest BCUT2D eigenvalue weighted by molar-refractivity contribution is 6.58. The monoisotopic (exact) mass is 277 g/mol. The van der Waals surface area contributed by atoms with Crippen LogP contribution in [0.2, 0.25) is 15.1 Å². The minimum Gasteiger partial charge on any atom is -0.520 e. The molecule has 0 spiro atoms. The minimum atomic E-state index is -5.02. The third-order valence-electron chi connectivity index (χ3n) is 1.40. The highest BCUT2D eigenvalue weighted by atomic mass is 35.5. The molecule has 0 unspecified atom stereocenters. The lowest BCUT2D eigenvalue weighted by Gasteiger charge is -2.16. The Balaban J connectivity index is 2.82. The Morgan fingerprint density at radius 3 is 2.07 bits per heavy atom. The molecule has 15 heavy (non-hydrogen) atoms. The van der Waals surface area contributed by atoms with Crippen molar-refractivity contribution in [3.63, 3.8) is 0 Å². The van der Waals surface area contributed by atoms with Gasteiger partial charge in [0.25, 0.3) is 0 Å². The van der Waals surface area contributed by atoms with Gasteiger partial charge in [0.1, 0.15) is 5.75 Å². The minimum absolute atomic E-state index is 0.00977. The Labute approximate surface area is 99.1 Å². The molecule has 0 aliphatic carbocycles. The largest absolute Gasteiger partial charge is 0.520 e. The molecule has 0 N–H and O–H groups in total. The fraction of sp³-hybridized carbons (Fsp3) is 0.143. The zero-order valence-electron chi connectivity index (χ0n) is 7.12. The Morgan fingerprint density at radius 2 is 1.53 bits per heavy atom. The first-order valence-electron chi connectivity index (χ1n) is 3.78. The summed E-state index contributed by atoms with van der Waals surface area (Å²) in [5, 5.41) is 0.238. The van der Waals surface area contributed by atoms with Gasteiger partial charge >= 0.3 is 6.98 Å². The molecular formula is C7H4BCl3F3O-. The van der Waals surface area contributed by atoms with Crippen LogP contribution in [0, 0.1) is 0 Å². The molecule has 8 heteroatoms. The van der Waals surface area contributed by atoms with E-state index in [1.165, 1.54) is 6.07 Å². The summed E-state index contributed by atoms with van der Waals surface area (Å²) in [5.74, 6) is -0.134. The van der Waals surface area contributed by atoms with Crippen molar-refractivity contribution in [3.8, 4) is 5.75 Å². The van der Waals surface area contributed by atoms with Gasteiger partial charge in [-0.2, -0.15) is 0 Å². The van der Waals surface area contributed by atoms with Crippen molar-refractivity contribution in [2.75, 3.05) is 6.51 Å². The van der Waals surface area contributed by atoms with E-state index in [1.807, 2.05) is 0 Å². The fourth-order valence-electron chi connectivity index (χ4n) is 0.799. The van der Waals surface area contributed by atoms with Gasteiger partial charge in [0.05, 0.1) is 21.6 Å². The molecule has 0 aromatic heterocycles. The molecule has 0 heterocycles. The summed E-state index contributed by atoms with van der Waals surface area (Å²) in [6, 6.07) is 2.37. The molecule has 84 valence electrons. The van der Waals surface area contributed by atoms with Crippen molar-refractivity contribution in [3.05, 3.63) is 27.2 Å². The van der Waals surface area contributed by atoms with E-state index in [0.717, 1.165) is 6.07 Å². The molecule has 0 fully saturated rings. The molecule has 1 aromatic carbocycles. The predicted octanol–water partition coefficient (Wildman–Crippen LogP) is 4.41. The SMILES string of the molecule is F[B-](F)(F)COc1cc(Cl)c(Cl)cc1Cl. The van der Waals surface area contributed by atoms with Gasteiger partial charge in [-0.05, 0) is 6.07 Å². The van der Waals surface area contributed by atoms with Gasteiger partial charge in [0, 0.05) is 6.07 Å². The van der Waals surface area contributed by atoms with Crippen molar-refractivity contribution in [1.82, 2.24) is 0 Å². The van der Waals surface area contributed by atoms with Crippen LogP contribution < -0.4 is 4.74 Å². The normalized spacial score (nSPS) is 11.6. The third-order valence-corrected chi connectivity index (χ3v) is 2.42. The average Bonchev–Trinajstić information content (AvgIpc) is 2.07. The maximum Gasteiger partial charge on any atom is 0.515 e. The number of rotatable bonds is 3. The molecule has 0 aliphatic heterocycles. The molecule has 0 atom stereocenters. The fourth-order valence-corrected chi connectivity index (χ4v) is 1.39. The summed E-state index contributed by atoms with van der Waals surface area (Å²) in [6.45, 7) is -6.38. The van der Waals surface area contributed by atoms with Crippen molar-refractivity contribution in [1.29, 1.82) is 0 Å². The number of ether oxygens (including phenoxy) is 1. The van der Waals surface area contributed by atoms with Crippen LogP contribution in [0.3, 0.4) is 0 Å². The van der Waals surface area contributed by atoms with Crippen LogP contribution in [0.1, 0.15) is 0 Å². The quantitative estimate of drug-likeness (QED) is 0.587. The maximum absolute atomic E-state index is 11.9. The Morgan fingerprint density at radius 1 is 1.00 bits per heavy atom. The van der Waals surface area contributed by atoms with Crippen LogP contribution in [-0.2, 0) is 0 Å². The Kier molecular flexibility index (Phi) is 4.03. The van der Waals surface area contributed by atoms with E-state index in [-0.39, 0.29) is 20.8 Å². The Hall–Kier alpha value is -0.255. The van der Waals surface area contributed by atoms with Crippen molar-refractivity contribution >= 4 is 41.8 Å². The second kappa shape index (κ2) is 4.72. The molecular weight excluding hydrogens is 274 g/mol. The molecule has 1 aromatic rings. The molecule has 0 bridgehead atoms. The summed E-state index contributed by atoms with van der Waals surface area (Å²) in [7, 11) is 0. The van der Waals surface area contributed by atoms with E-state index in [1.54, 1.807) is 0 Å². The standard InChI is InChI=1S/C7H4BCl3F3O/c9-4-1-6(11)7(2-5(4)10)15-3-8(12,13)14/h1-2H,3H2/q-1. The lowest BCUT2D eigenvalue weighted by molar-refractivity contribution is 0.313. The van der Waals surface area contributed by atoms with Crippen LogP contribution in [-0.4, -0.2) is 13.5 Å². The first-order chi connectivity index (χ1) is 6.79. The lowest BCUT2D eigenvalue weighted by atomic mass is 9.95. The topological polar surface area (TPSA) is 9.23 Å². The maximum atomic E-state index is 11.9. The van der Waals surface area contributed by atoms with Crippen LogP contribution >= 0.6 is 34.8 Å². The molecule has 0 radical (unpaired) electrons. The van der Waals surface area contributed by atoms with Crippen LogP contribution in [0.25, 0.3) is 0 Å². The smallest absolute Gasteiger partial charge is 0.515 e. The van der Waals surface area contributed by atoms with Gasteiger partial charge in [-0.1, -0.05) is 34.8 Å². The molecule has 1 rings (SSSR count). The van der Waals surface area contributed by atoms with E-state index >= 15 is 0 Å². The summed E-state index contributed by atoms with van der Waals surface area (Å²) in [5.41, 5.74) is 0. The summed E-state index contributed by atoms with van der Waals surface area (Å²) in [4.78, 5) is 0. The van der Waals surface area contributed by atoms with Gasteiger partial charge < -0.3 is 17.7 Å². The zero-order valence-corrected chi connectivity index (χ0v) is 9.38. The number of hydrogen-bond acceptors (Lipinski definition) is 1. The third kappa shape index (κ3) is 4.01. The summed E-state index contributed by atoms with van der Waals surface area (Å²) >= 11 is 16.8. The van der Waals surface area contributed by atoms with Gasteiger partial charge in [-0.25, -0.2) is 0 Å². The molecule has 0 saturated heterocycles. The van der Waals surface area contributed by atoms with Crippen LogP contribution in [0.15, 0.2) is 12.1 Å². The van der Waals surface area contributed by atoms with E-state index in [2.05, 4.69) is 4.74 Å². The van der Waals surface area contributed by atoms with Crippen LogP contribution in [0.5, 0.6) is 5.75 Å². The zero-order chi connectivity index (χ0) is 11.6. The van der Waals surface area contributed by atoms with E-state index in [4.69, 9.17) is 34.8 Å². The van der Waals surface area contributed by atoms with Crippen LogP contribution in [0.4, 0.5) is 12.9 Å². The lowest BCUT2D eigenvalue weighted by Crippen LogP contribution is -2.26. The summed E-state index contributed by atoms with van der Waals surface area (Å²) < 4.78 is 40.1. The Bertz CT molecular complexity index is 369. The van der Waals surface area contributed by atoms with E-state index in [9.17, 15) is 12.9 Å². The molecule has 0 amide bonds. The highest BCUT2D eigenvalue weighted by Crippen LogP contribution is 2.34. The summed E-state index contributed by atoms with van der Waals surface area (Å²) in [6.07, 6.45) is 0. The number of hydrogen-bond donors (Lipinski definition) is 0. The first-order valence-corrected chi connectivity index (χ1v) is 4.91. The van der Waals surface area contributed by atoms with Gasteiger partial charge in [0.15, 0.2) is 0 Å². The van der Waals surface area contributed by atoms with Gasteiger partial charge in [0.2, 0.25) is 0 Å². The first kappa shape index (κ1) is 12.8. The van der Waals surface area contributed by atoms with E-state index in [0.29, 0.717) is 0 Å².